The second-order valence-corrected chi connectivity index (χ2v) is 6.06. The molecule has 3 rings (SSSR count). The van der Waals surface area contributed by atoms with Crippen molar-refractivity contribution in [3.8, 4) is 11.4 Å². The third-order valence-electron chi connectivity index (χ3n) is 4.03. The number of rotatable bonds is 6. The first-order valence-corrected chi connectivity index (χ1v) is 8.48. The van der Waals surface area contributed by atoms with Crippen LogP contribution in [-0.4, -0.2) is 33.2 Å². The Hall–Kier alpha value is -2.93. The molecule has 0 fully saturated rings. The number of hydrogen-bond donors (Lipinski definition) is 1. The maximum absolute atomic E-state index is 12.9. The number of hydrogen-bond acceptors (Lipinski definition) is 5. The van der Waals surface area contributed by atoms with Crippen LogP contribution in [0.1, 0.15) is 35.3 Å². The number of amides is 1. The molecule has 1 aromatic heterocycles. The van der Waals surface area contributed by atoms with Crippen LogP contribution in [0.2, 0.25) is 5.02 Å². The van der Waals surface area contributed by atoms with Gasteiger partial charge in [-0.05, 0) is 52.7 Å². The molecular weight excluding hydrogens is 354 g/mol. The summed E-state index contributed by atoms with van der Waals surface area (Å²) < 4.78 is 6.61. The highest BCUT2D eigenvalue weighted by Crippen LogP contribution is 2.23. The van der Waals surface area contributed by atoms with Gasteiger partial charge in [-0.15, -0.1) is 5.10 Å². The van der Waals surface area contributed by atoms with Gasteiger partial charge >= 0.3 is 0 Å². The maximum atomic E-state index is 12.9. The lowest BCUT2D eigenvalue weighted by molar-refractivity contribution is 0.0935. The summed E-state index contributed by atoms with van der Waals surface area (Å²) in [5, 5.41) is 14.6. The number of ether oxygens (including phenoxy) is 1. The topological polar surface area (TPSA) is 81.9 Å². The number of benzene rings is 2. The van der Waals surface area contributed by atoms with Gasteiger partial charge in [0.05, 0.1) is 24.4 Å². The third kappa shape index (κ3) is 3.83. The monoisotopic (exact) mass is 371 g/mol. The molecule has 1 atom stereocenters. The fraction of sp³-hybridized carbons (Fsp3) is 0.222. The third-order valence-corrected chi connectivity index (χ3v) is 4.27. The molecule has 0 saturated heterocycles. The summed E-state index contributed by atoms with van der Waals surface area (Å²) in [4.78, 5) is 12.9. The zero-order valence-corrected chi connectivity index (χ0v) is 15.1. The van der Waals surface area contributed by atoms with Crippen LogP contribution < -0.4 is 10.1 Å². The fourth-order valence-electron chi connectivity index (χ4n) is 2.65. The number of carbonyl (C=O) groups is 1. The summed E-state index contributed by atoms with van der Waals surface area (Å²) >= 11 is 6.09. The molecule has 8 heteroatoms. The van der Waals surface area contributed by atoms with Gasteiger partial charge < -0.3 is 10.1 Å². The van der Waals surface area contributed by atoms with E-state index in [9.17, 15) is 4.79 Å². The van der Waals surface area contributed by atoms with E-state index in [1.54, 1.807) is 25.3 Å². The Morgan fingerprint density at radius 1 is 1.27 bits per heavy atom. The van der Waals surface area contributed by atoms with Crippen LogP contribution in [-0.2, 0) is 0 Å². The molecule has 0 aliphatic heterocycles. The molecule has 1 N–H and O–H groups in total. The van der Waals surface area contributed by atoms with E-state index in [2.05, 4.69) is 20.8 Å². The Morgan fingerprint density at radius 2 is 2.04 bits per heavy atom. The van der Waals surface area contributed by atoms with E-state index in [0.29, 0.717) is 16.3 Å². The zero-order chi connectivity index (χ0) is 18.5. The molecule has 7 nitrogen and oxygen atoms in total. The highest BCUT2D eigenvalue weighted by atomic mass is 35.5. The fourth-order valence-corrected chi connectivity index (χ4v) is 2.83. The lowest BCUT2D eigenvalue weighted by Crippen LogP contribution is -2.29. The Kier molecular flexibility index (Phi) is 5.48. The molecule has 0 aliphatic carbocycles. The number of aromatic nitrogens is 4. The van der Waals surface area contributed by atoms with Crippen LogP contribution in [0, 0.1) is 0 Å². The molecule has 1 heterocycles. The first-order chi connectivity index (χ1) is 12.6. The van der Waals surface area contributed by atoms with Crippen molar-refractivity contribution in [1.29, 1.82) is 0 Å². The van der Waals surface area contributed by atoms with Crippen molar-refractivity contribution in [2.24, 2.45) is 0 Å². The van der Waals surface area contributed by atoms with E-state index >= 15 is 0 Å². The lowest BCUT2D eigenvalue weighted by Gasteiger charge is -2.19. The summed E-state index contributed by atoms with van der Waals surface area (Å²) in [5.74, 6) is 0.520. The van der Waals surface area contributed by atoms with Crippen molar-refractivity contribution in [3.63, 3.8) is 0 Å². The van der Waals surface area contributed by atoms with E-state index in [0.717, 1.165) is 17.7 Å². The largest absolute Gasteiger partial charge is 0.497 e. The molecule has 1 amide bonds. The van der Waals surface area contributed by atoms with Crippen molar-refractivity contribution < 1.29 is 9.53 Å². The molecule has 134 valence electrons. The molecule has 0 spiro atoms. The van der Waals surface area contributed by atoms with E-state index in [1.807, 2.05) is 31.2 Å². The molecule has 0 bridgehead atoms. The Balaban J connectivity index is 1.87. The number of nitrogens with zero attached hydrogens (tertiary/aromatic N) is 4. The number of carbonyl (C=O) groups excluding carboxylic acids is 1. The standard InChI is InChI=1S/C18H18ClN5O2/c1-3-16(12-4-7-14(26-2)8-5-12)21-18(25)15-10-13(19)6-9-17(15)24-11-20-22-23-24/h4-11,16H,3H2,1-2H3,(H,21,25)/t16-/m0/s1. The van der Waals surface area contributed by atoms with Gasteiger partial charge in [-0.25, -0.2) is 0 Å². The van der Waals surface area contributed by atoms with Crippen LogP contribution in [0.4, 0.5) is 0 Å². The highest BCUT2D eigenvalue weighted by molar-refractivity contribution is 6.31. The van der Waals surface area contributed by atoms with Crippen molar-refractivity contribution in [2.75, 3.05) is 7.11 Å². The summed E-state index contributed by atoms with van der Waals surface area (Å²) in [5.41, 5.74) is 1.95. The van der Waals surface area contributed by atoms with Gasteiger partial charge in [-0.1, -0.05) is 30.7 Å². The molecule has 0 saturated carbocycles. The molecule has 0 radical (unpaired) electrons. The molecule has 26 heavy (non-hydrogen) atoms. The van der Waals surface area contributed by atoms with Crippen molar-refractivity contribution in [2.45, 2.75) is 19.4 Å². The summed E-state index contributed by atoms with van der Waals surface area (Å²) in [6, 6.07) is 12.5. The van der Waals surface area contributed by atoms with Crippen LogP contribution >= 0.6 is 11.6 Å². The first kappa shape index (κ1) is 17.9. The van der Waals surface area contributed by atoms with Crippen LogP contribution in [0.3, 0.4) is 0 Å². The Bertz CT molecular complexity index is 881. The average molecular weight is 372 g/mol. The first-order valence-electron chi connectivity index (χ1n) is 8.10. The predicted octanol–water partition coefficient (Wildman–Crippen LogP) is 3.21. The Labute approximate surface area is 155 Å². The normalized spacial score (nSPS) is 11.8. The minimum atomic E-state index is -0.249. The second-order valence-electron chi connectivity index (χ2n) is 5.62. The van der Waals surface area contributed by atoms with Gasteiger partial charge in [0, 0.05) is 5.02 Å². The second kappa shape index (κ2) is 7.97. The van der Waals surface area contributed by atoms with Gasteiger partial charge in [0.2, 0.25) is 0 Å². The maximum Gasteiger partial charge on any atom is 0.254 e. The summed E-state index contributed by atoms with van der Waals surface area (Å²) in [6.07, 6.45) is 2.17. The van der Waals surface area contributed by atoms with Crippen molar-refractivity contribution >= 4 is 17.5 Å². The molecule has 2 aromatic carbocycles. The van der Waals surface area contributed by atoms with E-state index in [-0.39, 0.29) is 11.9 Å². The molecule has 0 unspecified atom stereocenters. The van der Waals surface area contributed by atoms with Gasteiger partial charge in [-0.2, -0.15) is 4.68 Å². The minimum Gasteiger partial charge on any atom is -0.497 e. The summed E-state index contributed by atoms with van der Waals surface area (Å²) in [7, 11) is 1.62. The number of methoxy groups -OCH3 is 1. The van der Waals surface area contributed by atoms with Gasteiger partial charge in [0.25, 0.3) is 5.91 Å². The van der Waals surface area contributed by atoms with Crippen molar-refractivity contribution in [3.05, 3.63) is 64.9 Å². The molecule has 3 aromatic rings. The average Bonchev–Trinajstić information content (AvgIpc) is 3.20. The summed E-state index contributed by atoms with van der Waals surface area (Å²) in [6.45, 7) is 2.01. The number of halogens is 1. The van der Waals surface area contributed by atoms with E-state index in [1.165, 1.54) is 11.0 Å². The van der Waals surface area contributed by atoms with Crippen LogP contribution in [0.15, 0.2) is 48.8 Å². The number of tetrazole rings is 1. The Morgan fingerprint density at radius 3 is 2.65 bits per heavy atom. The molecule has 0 aliphatic rings. The van der Waals surface area contributed by atoms with Gasteiger partial charge in [0.1, 0.15) is 12.1 Å². The predicted molar refractivity (Wildman–Crippen MR) is 97.7 cm³/mol. The lowest BCUT2D eigenvalue weighted by atomic mass is 10.0. The quantitative estimate of drug-likeness (QED) is 0.719. The number of nitrogens with one attached hydrogen (secondary N) is 1. The van der Waals surface area contributed by atoms with E-state index in [4.69, 9.17) is 16.3 Å². The van der Waals surface area contributed by atoms with Crippen molar-refractivity contribution in [1.82, 2.24) is 25.5 Å². The highest BCUT2D eigenvalue weighted by Gasteiger charge is 2.19. The smallest absolute Gasteiger partial charge is 0.254 e. The minimum absolute atomic E-state index is 0.144. The zero-order valence-electron chi connectivity index (χ0n) is 14.4. The van der Waals surface area contributed by atoms with Gasteiger partial charge in [-0.3, -0.25) is 4.79 Å². The van der Waals surface area contributed by atoms with Gasteiger partial charge in [0.15, 0.2) is 0 Å². The van der Waals surface area contributed by atoms with E-state index < -0.39 is 0 Å². The SMILES string of the molecule is CC[C@H](NC(=O)c1cc(Cl)ccc1-n1cnnn1)c1ccc(OC)cc1. The van der Waals surface area contributed by atoms with Crippen LogP contribution in [0.25, 0.3) is 5.69 Å². The molecular formula is C18H18ClN5O2. The van der Waals surface area contributed by atoms with Crippen LogP contribution in [0.5, 0.6) is 5.75 Å².